The first-order valence-electron chi connectivity index (χ1n) is 8.44. The Morgan fingerprint density at radius 3 is 2.25 bits per heavy atom. The first-order chi connectivity index (χ1) is 13.6. The number of hydrogen-bond acceptors (Lipinski definition) is 4. The van der Waals surface area contributed by atoms with Crippen LogP contribution in [-0.2, 0) is 11.3 Å². The molecule has 0 aliphatic carbocycles. The van der Waals surface area contributed by atoms with Crippen LogP contribution in [0.2, 0.25) is 5.02 Å². The highest BCUT2D eigenvalue weighted by molar-refractivity contribution is 8.00. The highest BCUT2D eigenvalue weighted by Crippen LogP contribution is 2.21. The van der Waals surface area contributed by atoms with E-state index in [0.29, 0.717) is 28.7 Å². The zero-order valence-electron chi connectivity index (χ0n) is 14.8. The first-order valence-corrected chi connectivity index (χ1v) is 9.80. The minimum atomic E-state index is -0.340. The number of halogens is 1. The Bertz CT molecular complexity index is 913. The van der Waals surface area contributed by atoms with Crippen molar-refractivity contribution < 1.29 is 14.0 Å². The molecule has 6 nitrogen and oxygen atoms in total. The molecule has 0 bridgehead atoms. The van der Waals surface area contributed by atoms with E-state index in [2.05, 4.69) is 16.0 Å². The maximum Gasteiger partial charge on any atom is 0.319 e. The van der Waals surface area contributed by atoms with Crippen molar-refractivity contribution in [3.05, 3.63) is 77.7 Å². The maximum atomic E-state index is 12.1. The van der Waals surface area contributed by atoms with E-state index in [1.165, 1.54) is 11.8 Å². The Kier molecular flexibility index (Phi) is 7.00. The fourth-order valence-electron chi connectivity index (χ4n) is 2.27. The SMILES string of the molecule is O=C(CSc1ccc(Cl)cc1)Nc1ccc(NC(=O)NCc2ccco2)cc1. The molecule has 144 valence electrons. The van der Waals surface area contributed by atoms with Gasteiger partial charge in [-0.05, 0) is 60.7 Å². The van der Waals surface area contributed by atoms with Gasteiger partial charge in [0.05, 0.1) is 18.6 Å². The molecule has 0 radical (unpaired) electrons. The number of benzene rings is 2. The molecular formula is C20H18ClN3O3S. The Morgan fingerprint density at radius 1 is 0.929 bits per heavy atom. The molecule has 3 N–H and O–H groups in total. The van der Waals surface area contributed by atoms with Crippen molar-refractivity contribution in [1.82, 2.24) is 5.32 Å². The summed E-state index contributed by atoms with van der Waals surface area (Å²) in [6.45, 7) is 0.304. The van der Waals surface area contributed by atoms with E-state index in [1.54, 1.807) is 54.8 Å². The fraction of sp³-hybridized carbons (Fsp3) is 0.100. The zero-order valence-corrected chi connectivity index (χ0v) is 16.3. The minimum Gasteiger partial charge on any atom is -0.467 e. The summed E-state index contributed by atoms with van der Waals surface area (Å²) < 4.78 is 5.15. The van der Waals surface area contributed by atoms with Gasteiger partial charge in [0.2, 0.25) is 5.91 Å². The monoisotopic (exact) mass is 415 g/mol. The number of thioether (sulfide) groups is 1. The minimum absolute atomic E-state index is 0.114. The molecule has 8 heteroatoms. The van der Waals surface area contributed by atoms with Gasteiger partial charge in [0.15, 0.2) is 0 Å². The highest BCUT2D eigenvalue weighted by Gasteiger charge is 2.06. The van der Waals surface area contributed by atoms with Crippen LogP contribution < -0.4 is 16.0 Å². The van der Waals surface area contributed by atoms with Gasteiger partial charge < -0.3 is 20.4 Å². The first kappa shape index (κ1) is 19.9. The van der Waals surface area contributed by atoms with Gasteiger partial charge in [-0.3, -0.25) is 4.79 Å². The number of hydrogen-bond donors (Lipinski definition) is 3. The predicted octanol–water partition coefficient (Wildman–Crippen LogP) is 4.99. The van der Waals surface area contributed by atoms with Gasteiger partial charge in [0.1, 0.15) is 5.76 Å². The van der Waals surface area contributed by atoms with E-state index in [-0.39, 0.29) is 17.7 Å². The topological polar surface area (TPSA) is 83.4 Å². The zero-order chi connectivity index (χ0) is 19.8. The van der Waals surface area contributed by atoms with E-state index in [9.17, 15) is 9.59 Å². The summed E-state index contributed by atoms with van der Waals surface area (Å²) in [5.74, 6) is 0.845. The van der Waals surface area contributed by atoms with E-state index >= 15 is 0 Å². The molecule has 0 saturated carbocycles. The highest BCUT2D eigenvalue weighted by atomic mass is 35.5. The number of nitrogens with one attached hydrogen (secondary N) is 3. The van der Waals surface area contributed by atoms with Crippen molar-refractivity contribution in [2.75, 3.05) is 16.4 Å². The number of furan rings is 1. The van der Waals surface area contributed by atoms with Gasteiger partial charge in [0.25, 0.3) is 0 Å². The Hall–Kier alpha value is -2.90. The standard InChI is InChI=1S/C20H18ClN3O3S/c21-14-3-9-18(10-4-14)28-13-19(25)23-15-5-7-16(8-6-15)24-20(26)22-12-17-2-1-11-27-17/h1-11H,12-13H2,(H,23,25)(H2,22,24,26). The van der Waals surface area contributed by atoms with Gasteiger partial charge in [0, 0.05) is 21.3 Å². The molecule has 0 aliphatic heterocycles. The molecule has 28 heavy (non-hydrogen) atoms. The fourth-order valence-corrected chi connectivity index (χ4v) is 3.09. The van der Waals surface area contributed by atoms with Gasteiger partial charge in [-0.15, -0.1) is 11.8 Å². The van der Waals surface area contributed by atoms with Crippen LogP contribution in [0.4, 0.5) is 16.2 Å². The summed E-state index contributed by atoms with van der Waals surface area (Å²) in [6, 6.07) is 17.4. The van der Waals surface area contributed by atoms with Crippen molar-refractivity contribution in [2.24, 2.45) is 0 Å². The lowest BCUT2D eigenvalue weighted by Crippen LogP contribution is -2.27. The molecule has 1 heterocycles. The molecular weight excluding hydrogens is 398 g/mol. The van der Waals surface area contributed by atoms with Gasteiger partial charge in [-0.1, -0.05) is 11.6 Å². The van der Waals surface area contributed by atoms with Crippen LogP contribution in [0.15, 0.2) is 76.2 Å². The van der Waals surface area contributed by atoms with Crippen molar-refractivity contribution >= 4 is 46.7 Å². The number of urea groups is 1. The lowest BCUT2D eigenvalue weighted by Gasteiger charge is -2.09. The van der Waals surface area contributed by atoms with E-state index in [0.717, 1.165) is 4.90 Å². The lowest BCUT2D eigenvalue weighted by molar-refractivity contribution is -0.113. The van der Waals surface area contributed by atoms with Crippen molar-refractivity contribution in [2.45, 2.75) is 11.4 Å². The number of carbonyl (C=O) groups is 2. The van der Waals surface area contributed by atoms with Crippen LogP contribution in [0.5, 0.6) is 0 Å². The van der Waals surface area contributed by atoms with Crippen LogP contribution >= 0.6 is 23.4 Å². The van der Waals surface area contributed by atoms with Crippen molar-refractivity contribution in [3.8, 4) is 0 Å². The molecule has 3 amide bonds. The Labute approximate surface area is 171 Å². The maximum absolute atomic E-state index is 12.1. The van der Waals surface area contributed by atoms with Crippen molar-refractivity contribution in [1.29, 1.82) is 0 Å². The molecule has 0 saturated heterocycles. The summed E-state index contributed by atoms with van der Waals surface area (Å²) in [6.07, 6.45) is 1.55. The molecule has 3 rings (SSSR count). The summed E-state index contributed by atoms with van der Waals surface area (Å²) in [7, 11) is 0. The number of rotatable bonds is 7. The Morgan fingerprint density at radius 2 is 1.61 bits per heavy atom. The summed E-state index contributed by atoms with van der Waals surface area (Å²) >= 11 is 7.27. The summed E-state index contributed by atoms with van der Waals surface area (Å²) in [4.78, 5) is 24.9. The lowest BCUT2D eigenvalue weighted by atomic mass is 10.3. The third-order valence-corrected chi connectivity index (χ3v) is 4.88. The normalized spacial score (nSPS) is 10.3. The van der Waals surface area contributed by atoms with E-state index < -0.39 is 0 Å². The molecule has 0 unspecified atom stereocenters. The third kappa shape index (κ3) is 6.37. The molecule has 0 spiro atoms. The second kappa shape index (κ2) is 9.87. The van der Waals surface area contributed by atoms with Gasteiger partial charge >= 0.3 is 6.03 Å². The largest absolute Gasteiger partial charge is 0.467 e. The number of anilines is 2. The molecule has 1 aromatic heterocycles. The second-order valence-corrected chi connectivity index (χ2v) is 7.24. The van der Waals surface area contributed by atoms with Gasteiger partial charge in [-0.25, -0.2) is 4.79 Å². The van der Waals surface area contributed by atoms with Crippen LogP contribution in [-0.4, -0.2) is 17.7 Å². The summed E-state index contributed by atoms with van der Waals surface area (Å²) in [5, 5.41) is 8.89. The summed E-state index contributed by atoms with van der Waals surface area (Å²) in [5.41, 5.74) is 1.27. The van der Waals surface area contributed by atoms with E-state index in [1.807, 2.05) is 12.1 Å². The molecule has 2 aromatic carbocycles. The molecule has 0 atom stereocenters. The number of amides is 3. The average Bonchev–Trinajstić information content (AvgIpc) is 3.21. The van der Waals surface area contributed by atoms with Crippen LogP contribution in [0.3, 0.4) is 0 Å². The van der Waals surface area contributed by atoms with Crippen molar-refractivity contribution in [3.63, 3.8) is 0 Å². The predicted molar refractivity (Wildman–Crippen MR) is 112 cm³/mol. The molecule has 3 aromatic rings. The van der Waals surface area contributed by atoms with Crippen LogP contribution in [0, 0.1) is 0 Å². The quantitative estimate of drug-likeness (QED) is 0.475. The molecule has 0 aliphatic rings. The van der Waals surface area contributed by atoms with E-state index in [4.69, 9.17) is 16.0 Å². The molecule has 0 fully saturated rings. The smallest absolute Gasteiger partial charge is 0.319 e. The Balaban J connectivity index is 1.42. The third-order valence-electron chi connectivity index (χ3n) is 3.61. The van der Waals surface area contributed by atoms with Crippen LogP contribution in [0.25, 0.3) is 0 Å². The number of carbonyl (C=O) groups excluding carboxylic acids is 2. The van der Waals surface area contributed by atoms with Crippen LogP contribution in [0.1, 0.15) is 5.76 Å². The van der Waals surface area contributed by atoms with Gasteiger partial charge in [-0.2, -0.15) is 0 Å². The second-order valence-electron chi connectivity index (χ2n) is 5.76. The average molecular weight is 416 g/mol.